The molecule has 1 aliphatic heterocycles. The minimum atomic E-state index is 0.584. The first kappa shape index (κ1) is 19.4. The SMILES string of the molecule is CCNC(=NCc1cc(N(C)C)nc2ccccc12)N1CCC(COC)C1. The Morgan fingerprint density at radius 2 is 2.19 bits per heavy atom. The molecule has 1 fully saturated rings. The molecule has 6 heteroatoms. The van der Waals surface area contributed by atoms with E-state index in [4.69, 9.17) is 14.7 Å². The molecular weight excluding hydrogens is 338 g/mol. The van der Waals surface area contributed by atoms with Gasteiger partial charge in [-0.25, -0.2) is 9.98 Å². The van der Waals surface area contributed by atoms with Gasteiger partial charge in [0.05, 0.1) is 18.7 Å². The van der Waals surface area contributed by atoms with Crippen molar-refractivity contribution in [3.05, 3.63) is 35.9 Å². The van der Waals surface area contributed by atoms with Gasteiger partial charge in [-0.3, -0.25) is 0 Å². The van der Waals surface area contributed by atoms with Crippen molar-refractivity contribution in [2.24, 2.45) is 10.9 Å². The summed E-state index contributed by atoms with van der Waals surface area (Å²) < 4.78 is 5.33. The van der Waals surface area contributed by atoms with Gasteiger partial charge in [-0.05, 0) is 31.0 Å². The normalized spacial score (nSPS) is 17.6. The summed E-state index contributed by atoms with van der Waals surface area (Å²) in [5, 5.41) is 4.62. The molecule has 3 rings (SSSR count). The van der Waals surface area contributed by atoms with E-state index in [-0.39, 0.29) is 0 Å². The largest absolute Gasteiger partial charge is 0.384 e. The molecule has 0 saturated carbocycles. The lowest BCUT2D eigenvalue weighted by molar-refractivity contribution is 0.157. The Balaban J connectivity index is 1.85. The number of rotatable bonds is 6. The molecule has 0 radical (unpaired) electrons. The van der Waals surface area contributed by atoms with Gasteiger partial charge in [0, 0.05) is 52.1 Å². The zero-order valence-corrected chi connectivity index (χ0v) is 16.9. The summed E-state index contributed by atoms with van der Waals surface area (Å²) in [6, 6.07) is 10.4. The number of likely N-dealkylation sites (tertiary alicyclic amines) is 1. The van der Waals surface area contributed by atoms with Gasteiger partial charge in [0.1, 0.15) is 5.82 Å². The minimum Gasteiger partial charge on any atom is -0.384 e. The molecule has 1 aromatic heterocycles. The monoisotopic (exact) mass is 369 g/mol. The standard InChI is InChI=1S/C21H31N5O/c1-5-22-21(26-11-10-16(14-26)15-27-4)23-13-17-12-20(25(2)3)24-19-9-7-6-8-18(17)19/h6-9,12,16H,5,10-11,13-15H2,1-4H3,(H,22,23). The fraction of sp³-hybridized carbons (Fsp3) is 0.524. The Bertz CT molecular complexity index is 789. The highest BCUT2D eigenvalue weighted by molar-refractivity contribution is 5.85. The number of ether oxygens (including phenoxy) is 1. The second-order valence-electron chi connectivity index (χ2n) is 7.28. The molecule has 146 valence electrons. The maximum Gasteiger partial charge on any atom is 0.194 e. The van der Waals surface area contributed by atoms with Crippen LogP contribution in [-0.2, 0) is 11.3 Å². The van der Waals surface area contributed by atoms with Crippen LogP contribution in [0.2, 0.25) is 0 Å². The fourth-order valence-corrected chi connectivity index (χ4v) is 3.57. The van der Waals surface area contributed by atoms with Crippen LogP contribution in [0.15, 0.2) is 35.3 Å². The molecule has 0 spiro atoms. The average Bonchev–Trinajstić information content (AvgIpc) is 3.13. The summed E-state index contributed by atoms with van der Waals surface area (Å²) >= 11 is 0. The van der Waals surface area contributed by atoms with E-state index >= 15 is 0 Å². The van der Waals surface area contributed by atoms with Gasteiger partial charge >= 0.3 is 0 Å². The van der Waals surface area contributed by atoms with E-state index in [9.17, 15) is 0 Å². The maximum absolute atomic E-state index is 5.33. The Morgan fingerprint density at radius 1 is 1.37 bits per heavy atom. The van der Waals surface area contributed by atoms with E-state index in [1.165, 1.54) is 10.9 Å². The highest BCUT2D eigenvalue weighted by Gasteiger charge is 2.24. The maximum atomic E-state index is 5.33. The van der Waals surface area contributed by atoms with E-state index in [1.54, 1.807) is 7.11 Å². The van der Waals surface area contributed by atoms with Crippen molar-refractivity contribution in [1.82, 2.24) is 15.2 Å². The third-order valence-corrected chi connectivity index (χ3v) is 4.97. The second kappa shape index (κ2) is 9.04. The third-order valence-electron chi connectivity index (χ3n) is 4.97. The lowest BCUT2D eigenvalue weighted by Crippen LogP contribution is -2.40. The number of guanidine groups is 1. The molecule has 1 N–H and O–H groups in total. The Kier molecular flexibility index (Phi) is 6.50. The predicted molar refractivity (Wildman–Crippen MR) is 112 cm³/mol. The van der Waals surface area contributed by atoms with Crippen molar-refractivity contribution < 1.29 is 4.74 Å². The number of nitrogens with one attached hydrogen (secondary N) is 1. The van der Waals surface area contributed by atoms with Crippen LogP contribution in [-0.4, -0.2) is 63.3 Å². The number of benzene rings is 1. The molecule has 1 aliphatic rings. The highest BCUT2D eigenvalue weighted by Crippen LogP contribution is 2.23. The van der Waals surface area contributed by atoms with E-state index in [2.05, 4.69) is 41.4 Å². The lowest BCUT2D eigenvalue weighted by Gasteiger charge is -2.22. The fourth-order valence-electron chi connectivity index (χ4n) is 3.57. The first-order chi connectivity index (χ1) is 13.1. The van der Waals surface area contributed by atoms with Gasteiger partial charge in [-0.15, -0.1) is 0 Å². The zero-order valence-electron chi connectivity index (χ0n) is 16.9. The second-order valence-corrected chi connectivity index (χ2v) is 7.28. The summed E-state index contributed by atoms with van der Waals surface area (Å²) in [6.07, 6.45) is 1.15. The van der Waals surface area contributed by atoms with Crippen LogP contribution < -0.4 is 10.2 Å². The molecule has 0 aliphatic carbocycles. The molecule has 1 unspecified atom stereocenters. The van der Waals surface area contributed by atoms with Crippen molar-refractivity contribution in [2.45, 2.75) is 19.9 Å². The molecule has 27 heavy (non-hydrogen) atoms. The summed E-state index contributed by atoms with van der Waals surface area (Å²) in [6.45, 7) is 6.46. The Labute approximate surface area is 162 Å². The molecular formula is C21H31N5O. The third kappa shape index (κ3) is 4.69. The number of hydrogen-bond acceptors (Lipinski definition) is 4. The average molecular weight is 370 g/mol. The van der Waals surface area contributed by atoms with Crippen LogP contribution in [0.5, 0.6) is 0 Å². The van der Waals surface area contributed by atoms with Crippen molar-refractivity contribution in [3.8, 4) is 0 Å². The van der Waals surface area contributed by atoms with E-state index in [1.807, 2.05) is 25.1 Å². The molecule has 0 bridgehead atoms. The summed E-state index contributed by atoms with van der Waals surface area (Å²) in [5.41, 5.74) is 2.22. The van der Waals surface area contributed by atoms with Crippen LogP contribution in [0, 0.1) is 5.92 Å². The minimum absolute atomic E-state index is 0.584. The lowest BCUT2D eigenvalue weighted by atomic mass is 10.1. The van der Waals surface area contributed by atoms with Crippen LogP contribution >= 0.6 is 0 Å². The molecule has 6 nitrogen and oxygen atoms in total. The number of pyridine rings is 1. The van der Waals surface area contributed by atoms with Crippen LogP contribution in [0.4, 0.5) is 5.82 Å². The molecule has 2 heterocycles. The van der Waals surface area contributed by atoms with Crippen LogP contribution in [0.3, 0.4) is 0 Å². The quantitative estimate of drug-likeness (QED) is 0.627. The number of para-hydroxylation sites is 1. The zero-order chi connectivity index (χ0) is 19.2. The summed E-state index contributed by atoms with van der Waals surface area (Å²) in [4.78, 5) is 14.1. The van der Waals surface area contributed by atoms with E-state index < -0.39 is 0 Å². The van der Waals surface area contributed by atoms with E-state index in [0.717, 1.165) is 50.0 Å². The number of fused-ring (bicyclic) bond motifs is 1. The van der Waals surface area contributed by atoms with Gasteiger partial charge in [-0.2, -0.15) is 0 Å². The number of methoxy groups -OCH3 is 1. The van der Waals surface area contributed by atoms with Gasteiger partial charge in [0.15, 0.2) is 5.96 Å². The van der Waals surface area contributed by atoms with Gasteiger partial charge in [-0.1, -0.05) is 18.2 Å². The van der Waals surface area contributed by atoms with Gasteiger partial charge < -0.3 is 19.9 Å². The summed E-state index contributed by atoms with van der Waals surface area (Å²) in [5.74, 6) is 2.54. The number of hydrogen-bond donors (Lipinski definition) is 1. The van der Waals surface area contributed by atoms with Crippen molar-refractivity contribution in [1.29, 1.82) is 0 Å². The Morgan fingerprint density at radius 3 is 2.93 bits per heavy atom. The molecule has 1 saturated heterocycles. The first-order valence-corrected chi connectivity index (χ1v) is 9.70. The number of anilines is 1. The molecule has 1 atom stereocenters. The molecule has 2 aromatic rings. The smallest absolute Gasteiger partial charge is 0.194 e. The number of aliphatic imine (C=N–C) groups is 1. The molecule has 0 amide bonds. The highest BCUT2D eigenvalue weighted by atomic mass is 16.5. The molecule has 1 aromatic carbocycles. The summed E-state index contributed by atoms with van der Waals surface area (Å²) in [7, 11) is 5.82. The topological polar surface area (TPSA) is 53.0 Å². The number of aromatic nitrogens is 1. The van der Waals surface area contributed by atoms with Gasteiger partial charge in [0.25, 0.3) is 0 Å². The van der Waals surface area contributed by atoms with Crippen molar-refractivity contribution in [3.63, 3.8) is 0 Å². The van der Waals surface area contributed by atoms with Crippen LogP contribution in [0.25, 0.3) is 10.9 Å². The van der Waals surface area contributed by atoms with Crippen molar-refractivity contribution >= 4 is 22.7 Å². The van der Waals surface area contributed by atoms with E-state index in [0.29, 0.717) is 12.5 Å². The van der Waals surface area contributed by atoms with Gasteiger partial charge in [0.2, 0.25) is 0 Å². The Hall–Kier alpha value is -2.34. The van der Waals surface area contributed by atoms with Crippen molar-refractivity contribution in [2.75, 3.05) is 52.3 Å². The van der Waals surface area contributed by atoms with Crippen LogP contribution in [0.1, 0.15) is 18.9 Å². The number of nitrogens with zero attached hydrogens (tertiary/aromatic N) is 4. The predicted octanol–water partition coefficient (Wildman–Crippen LogP) is 2.73. The first-order valence-electron chi connectivity index (χ1n) is 9.70.